The summed E-state index contributed by atoms with van der Waals surface area (Å²) in [5.74, 6) is -0.144. The van der Waals surface area contributed by atoms with Gasteiger partial charge in [0, 0.05) is 29.7 Å². The molecule has 0 aliphatic rings. The van der Waals surface area contributed by atoms with Gasteiger partial charge >= 0.3 is 5.97 Å². The lowest BCUT2D eigenvalue weighted by Gasteiger charge is -2.08. The molecule has 0 aliphatic carbocycles. The van der Waals surface area contributed by atoms with Crippen LogP contribution >= 0.6 is 0 Å². The summed E-state index contributed by atoms with van der Waals surface area (Å²) in [4.78, 5) is 29.4. The Kier molecular flexibility index (Phi) is 5.73. The highest BCUT2D eigenvalue weighted by molar-refractivity contribution is 6.00. The first kappa shape index (κ1) is 19.5. The number of esters is 1. The van der Waals surface area contributed by atoms with E-state index >= 15 is 0 Å². The molecule has 28 heavy (non-hydrogen) atoms. The minimum atomic E-state index is -0.559. The van der Waals surface area contributed by atoms with Gasteiger partial charge in [0.2, 0.25) is 5.78 Å². The maximum Gasteiger partial charge on any atom is 0.342 e. The first-order chi connectivity index (χ1) is 13.5. The molecule has 3 heterocycles. The summed E-state index contributed by atoms with van der Waals surface area (Å²) in [6, 6.07) is 7.32. The maximum atomic E-state index is 12.6. The van der Waals surface area contributed by atoms with E-state index in [0.717, 1.165) is 17.9 Å². The molecule has 0 atom stereocenters. The van der Waals surface area contributed by atoms with Gasteiger partial charge in [-0.25, -0.2) is 14.5 Å². The van der Waals surface area contributed by atoms with Crippen molar-refractivity contribution in [1.82, 2.24) is 19.3 Å². The molecule has 0 aromatic carbocycles. The number of carbonyl (C=O) groups excluding carboxylic acids is 2. The van der Waals surface area contributed by atoms with Crippen LogP contribution in [0, 0.1) is 13.8 Å². The number of aromatic nitrogens is 4. The number of pyridine rings is 1. The van der Waals surface area contributed by atoms with E-state index in [4.69, 9.17) is 4.74 Å². The fourth-order valence-corrected chi connectivity index (χ4v) is 3.42. The molecule has 0 amide bonds. The number of hydrogen-bond donors (Lipinski definition) is 0. The molecular formula is C21H24N4O3. The fourth-order valence-electron chi connectivity index (χ4n) is 3.42. The van der Waals surface area contributed by atoms with E-state index in [9.17, 15) is 9.59 Å². The molecule has 0 N–H and O–H groups in total. The molecule has 0 unspecified atom stereocenters. The lowest BCUT2D eigenvalue weighted by atomic mass is 10.1. The summed E-state index contributed by atoms with van der Waals surface area (Å²) < 4.78 is 8.98. The molecular weight excluding hydrogens is 356 g/mol. The van der Waals surface area contributed by atoms with Crippen LogP contribution in [0.4, 0.5) is 0 Å². The molecule has 3 aromatic heterocycles. The predicted molar refractivity (Wildman–Crippen MR) is 105 cm³/mol. The second-order valence-corrected chi connectivity index (χ2v) is 6.49. The summed E-state index contributed by atoms with van der Waals surface area (Å²) >= 11 is 0. The Morgan fingerprint density at radius 1 is 1.14 bits per heavy atom. The van der Waals surface area contributed by atoms with Crippen molar-refractivity contribution in [1.29, 1.82) is 0 Å². The largest absolute Gasteiger partial charge is 0.454 e. The van der Waals surface area contributed by atoms with Gasteiger partial charge in [-0.3, -0.25) is 4.79 Å². The van der Waals surface area contributed by atoms with E-state index in [1.165, 1.54) is 6.20 Å². The number of nitrogens with zero attached hydrogens (tertiary/aromatic N) is 4. The monoisotopic (exact) mass is 380 g/mol. The van der Waals surface area contributed by atoms with Crippen LogP contribution in [0.3, 0.4) is 0 Å². The Balaban J connectivity index is 1.75. The molecule has 0 spiro atoms. The molecule has 0 radical (unpaired) electrons. The highest BCUT2D eigenvalue weighted by Crippen LogP contribution is 2.18. The Bertz CT molecular complexity index is 1000. The summed E-state index contributed by atoms with van der Waals surface area (Å²) in [7, 11) is 0. The van der Waals surface area contributed by atoms with Crippen LogP contribution in [0.5, 0.6) is 0 Å². The second-order valence-electron chi connectivity index (χ2n) is 6.49. The minimum Gasteiger partial charge on any atom is -0.454 e. The lowest BCUT2D eigenvalue weighted by Crippen LogP contribution is -2.16. The van der Waals surface area contributed by atoms with E-state index in [1.54, 1.807) is 10.9 Å². The SMILES string of the molecule is CCc1c(C(=O)OCC(=O)c2cc(C)n(CC)c2C)cnn1-c1ccccn1. The van der Waals surface area contributed by atoms with Gasteiger partial charge in [-0.1, -0.05) is 13.0 Å². The zero-order chi connectivity index (χ0) is 20.3. The maximum absolute atomic E-state index is 12.6. The third-order valence-corrected chi connectivity index (χ3v) is 4.81. The van der Waals surface area contributed by atoms with E-state index in [1.807, 2.05) is 52.0 Å². The van der Waals surface area contributed by atoms with Crippen LogP contribution in [0.15, 0.2) is 36.7 Å². The van der Waals surface area contributed by atoms with Crippen molar-refractivity contribution >= 4 is 11.8 Å². The number of rotatable bonds is 7. The van der Waals surface area contributed by atoms with Crippen LogP contribution in [0.2, 0.25) is 0 Å². The standard InChI is InChI=1S/C21H24N4O3/c1-5-18-17(12-23-25(18)20-9-7-8-10-22-20)21(27)28-13-19(26)16-11-14(3)24(6-2)15(16)4/h7-12H,5-6,13H2,1-4H3. The summed E-state index contributed by atoms with van der Waals surface area (Å²) in [6.45, 7) is 8.30. The van der Waals surface area contributed by atoms with Crippen LogP contribution in [0.25, 0.3) is 5.82 Å². The van der Waals surface area contributed by atoms with Crippen molar-refractivity contribution in [2.75, 3.05) is 6.61 Å². The smallest absolute Gasteiger partial charge is 0.342 e. The van der Waals surface area contributed by atoms with Crippen molar-refractivity contribution in [3.8, 4) is 5.82 Å². The van der Waals surface area contributed by atoms with Crippen LogP contribution in [-0.2, 0) is 17.7 Å². The molecule has 0 saturated heterocycles. The Morgan fingerprint density at radius 2 is 1.93 bits per heavy atom. The number of carbonyl (C=O) groups is 2. The van der Waals surface area contributed by atoms with Gasteiger partial charge in [-0.05, 0) is 45.4 Å². The highest BCUT2D eigenvalue weighted by Gasteiger charge is 2.21. The van der Waals surface area contributed by atoms with Gasteiger partial charge in [0.15, 0.2) is 12.4 Å². The average Bonchev–Trinajstić information content (AvgIpc) is 3.26. The second kappa shape index (κ2) is 8.21. The van der Waals surface area contributed by atoms with Crippen molar-refractivity contribution < 1.29 is 14.3 Å². The summed E-state index contributed by atoms with van der Waals surface area (Å²) in [6.07, 6.45) is 3.70. The van der Waals surface area contributed by atoms with Crippen LogP contribution in [0.1, 0.15) is 51.6 Å². The molecule has 0 bridgehead atoms. The lowest BCUT2D eigenvalue weighted by molar-refractivity contribution is 0.0473. The van der Waals surface area contributed by atoms with Gasteiger partial charge in [-0.15, -0.1) is 0 Å². The van der Waals surface area contributed by atoms with Gasteiger partial charge < -0.3 is 9.30 Å². The van der Waals surface area contributed by atoms with E-state index in [0.29, 0.717) is 29.1 Å². The number of ether oxygens (including phenoxy) is 1. The molecule has 0 fully saturated rings. The number of aryl methyl sites for hydroxylation is 1. The number of Topliss-reactive ketones (excluding diaryl/α,β-unsaturated/α-hetero) is 1. The topological polar surface area (TPSA) is 79.0 Å². The van der Waals surface area contributed by atoms with Crippen molar-refractivity contribution in [3.63, 3.8) is 0 Å². The first-order valence-electron chi connectivity index (χ1n) is 9.33. The summed E-state index contributed by atoms with van der Waals surface area (Å²) in [5, 5.41) is 4.27. The van der Waals surface area contributed by atoms with E-state index in [2.05, 4.69) is 14.6 Å². The third-order valence-electron chi connectivity index (χ3n) is 4.81. The van der Waals surface area contributed by atoms with Crippen molar-refractivity contribution in [2.24, 2.45) is 0 Å². The fraction of sp³-hybridized carbons (Fsp3) is 0.333. The highest BCUT2D eigenvalue weighted by atomic mass is 16.5. The zero-order valence-electron chi connectivity index (χ0n) is 16.6. The average molecular weight is 380 g/mol. The Hall–Kier alpha value is -3.22. The van der Waals surface area contributed by atoms with Gasteiger partial charge in [-0.2, -0.15) is 5.10 Å². The Labute approximate surface area is 164 Å². The van der Waals surface area contributed by atoms with E-state index in [-0.39, 0.29) is 12.4 Å². The molecule has 0 saturated carbocycles. The third kappa shape index (κ3) is 3.60. The number of ketones is 1. The van der Waals surface area contributed by atoms with Gasteiger partial charge in [0.1, 0.15) is 5.56 Å². The van der Waals surface area contributed by atoms with Gasteiger partial charge in [0.05, 0.1) is 11.9 Å². The molecule has 146 valence electrons. The normalized spacial score (nSPS) is 10.9. The molecule has 3 aromatic rings. The van der Waals surface area contributed by atoms with Crippen LogP contribution in [-0.4, -0.2) is 37.7 Å². The molecule has 3 rings (SSSR count). The molecule has 7 heteroatoms. The van der Waals surface area contributed by atoms with Crippen LogP contribution < -0.4 is 0 Å². The zero-order valence-corrected chi connectivity index (χ0v) is 16.6. The van der Waals surface area contributed by atoms with Crippen molar-refractivity contribution in [2.45, 2.75) is 40.7 Å². The molecule has 0 aliphatic heterocycles. The minimum absolute atomic E-state index is 0.212. The molecule has 7 nitrogen and oxygen atoms in total. The predicted octanol–water partition coefficient (Wildman–Crippen LogP) is 3.31. The van der Waals surface area contributed by atoms with E-state index < -0.39 is 5.97 Å². The first-order valence-corrected chi connectivity index (χ1v) is 9.33. The Morgan fingerprint density at radius 3 is 2.54 bits per heavy atom. The number of hydrogen-bond acceptors (Lipinski definition) is 5. The quantitative estimate of drug-likeness (QED) is 0.464. The van der Waals surface area contributed by atoms with Gasteiger partial charge in [0.25, 0.3) is 0 Å². The summed E-state index contributed by atoms with van der Waals surface area (Å²) in [5.41, 5.74) is 3.53. The van der Waals surface area contributed by atoms with Crippen molar-refractivity contribution in [3.05, 3.63) is 64.9 Å².